The number of rotatable bonds is 1. The molecule has 0 aliphatic heterocycles. The highest BCUT2D eigenvalue weighted by molar-refractivity contribution is 7.80. The van der Waals surface area contributed by atoms with E-state index in [1.54, 1.807) is 0 Å². The lowest BCUT2D eigenvalue weighted by molar-refractivity contribution is 1.10. The van der Waals surface area contributed by atoms with Crippen molar-refractivity contribution in [2.75, 3.05) is 5.75 Å². The van der Waals surface area contributed by atoms with E-state index in [0.29, 0.717) is 0 Å². The molecule has 0 aromatic heterocycles. The summed E-state index contributed by atoms with van der Waals surface area (Å²) in [5.41, 5.74) is 0. The van der Waals surface area contributed by atoms with Crippen LogP contribution < -0.4 is 0 Å². The molecule has 0 amide bonds. The van der Waals surface area contributed by atoms with Crippen LogP contribution in [0.1, 0.15) is 6.92 Å². The average Bonchev–Trinajstić information content (AvgIpc) is 1.38. The summed E-state index contributed by atoms with van der Waals surface area (Å²) >= 11 is 4.02. The van der Waals surface area contributed by atoms with Crippen LogP contribution in [0.3, 0.4) is 0 Å². The summed E-state index contributed by atoms with van der Waals surface area (Å²) < 4.78 is 0. The van der Waals surface area contributed by atoms with E-state index >= 15 is 0 Å². The van der Waals surface area contributed by atoms with Crippen molar-refractivity contribution in [3.8, 4) is 0 Å². The van der Waals surface area contributed by atoms with Crippen LogP contribution in [0, 0.1) is 0 Å². The van der Waals surface area contributed by atoms with Crippen molar-refractivity contribution in [3.63, 3.8) is 0 Å². The Kier molecular flexibility index (Phi) is 2.86. The Morgan fingerprint density at radius 1 is 2.00 bits per heavy atom. The second kappa shape index (κ2) is 2.64. The molecule has 1 atom stereocenters. The smallest absolute Gasteiger partial charge is 0.106 e. The van der Waals surface area contributed by atoms with E-state index in [0.717, 1.165) is 11.6 Å². The second-order valence-electron chi connectivity index (χ2n) is 1.58. The Morgan fingerprint density at radius 3 is 2.20 bits per heavy atom. The summed E-state index contributed by atoms with van der Waals surface area (Å²) in [7, 11) is 2.15. The van der Waals surface area contributed by atoms with Crippen molar-refractivity contribution in [1.82, 2.24) is 0 Å². The first-order valence-corrected chi connectivity index (χ1v) is 2.51. The van der Waals surface area contributed by atoms with E-state index in [4.69, 9.17) is 0 Å². The lowest BCUT2D eigenvalue weighted by Crippen LogP contribution is -1.82. The van der Waals surface area contributed by atoms with Gasteiger partial charge in [0.15, 0.2) is 0 Å². The first kappa shape index (κ1) is 5.41. The van der Waals surface area contributed by atoms with Crippen molar-refractivity contribution in [2.24, 2.45) is 0 Å². The molecule has 0 heterocycles. The molecule has 2 heteroatoms. The first-order valence-electron chi connectivity index (χ1n) is 1.88. The third-order valence-electron chi connectivity index (χ3n) is 0.365. The molecule has 0 radical (unpaired) electrons. The number of hydrogen-bond donors (Lipinski definition) is 1. The highest BCUT2D eigenvalue weighted by Crippen LogP contribution is 1.94. The molecule has 0 spiro atoms. The third-order valence-corrected chi connectivity index (χ3v) is 1.10. The van der Waals surface area contributed by atoms with Crippen LogP contribution in [-0.4, -0.2) is 13.6 Å². The Hall–Kier alpha value is 0.415. The van der Waals surface area contributed by atoms with Crippen molar-refractivity contribution in [3.05, 3.63) is 0 Å². The fourth-order valence-electron chi connectivity index (χ4n) is 0. The van der Waals surface area contributed by atoms with Gasteiger partial charge in [0.25, 0.3) is 0 Å². The first-order chi connectivity index (χ1) is 2.27. The third kappa shape index (κ3) is 4.41. The fourth-order valence-corrected chi connectivity index (χ4v) is 0. The van der Waals surface area contributed by atoms with Crippen LogP contribution in [0.25, 0.3) is 0 Å². The summed E-state index contributed by atoms with van der Waals surface area (Å²) in [4.78, 5) is 0. The summed E-state index contributed by atoms with van der Waals surface area (Å²) in [5, 5.41) is 0. The molecule has 30 valence electrons. The fraction of sp³-hybridized carbons (Fsp3) is 1.00. The zero-order chi connectivity index (χ0) is 4.28. The van der Waals surface area contributed by atoms with Gasteiger partial charge >= 0.3 is 0 Å². The van der Waals surface area contributed by atoms with E-state index < -0.39 is 0 Å². The molecule has 0 fully saturated rings. The Labute approximate surface area is 39.8 Å². The minimum absolute atomic E-state index is 0.748. The second-order valence-corrected chi connectivity index (χ2v) is 1.94. The van der Waals surface area contributed by atoms with Crippen molar-refractivity contribution in [2.45, 2.75) is 12.7 Å². The maximum absolute atomic E-state index is 4.02. The molecule has 0 bridgehead atoms. The van der Waals surface area contributed by atoms with Gasteiger partial charge in [-0.05, 0) is 5.75 Å². The normalized spacial score (nSPS) is 14.8. The van der Waals surface area contributed by atoms with Crippen LogP contribution in [0.15, 0.2) is 0 Å². The standard InChI is InChI=1S/C3H9BS/c1-3(4)2-5/h3,5H,2,4H2,1H3. The van der Waals surface area contributed by atoms with E-state index in [1.165, 1.54) is 0 Å². The van der Waals surface area contributed by atoms with Gasteiger partial charge in [0.1, 0.15) is 7.85 Å². The quantitative estimate of drug-likeness (QED) is 0.347. The van der Waals surface area contributed by atoms with Gasteiger partial charge in [-0.25, -0.2) is 0 Å². The van der Waals surface area contributed by atoms with E-state index in [-0.39, 0.29) is 0 Å². The predicted molar refractivity (Wildman–Crippen MR) is 31.8 cm³/mol. The average molecular weight is 88.0 g/mol. The van der Waals surface area contributed by atoms with Crippen LogP contribution in [0.4, 0.5) is 0 Å². The SMILES string of the molecule is BC(C)CS. The van der Waals surface area contributed by atoms with Gasteiger partial charge in [0.05, 0.1) is 0 Å². The van der Waals surface area contributed by atoms with Crippen LogP contribution >= 0.6 is 12.6 Å². The lowest BCUT2D eigenvalue weighted by atomic mass is 9.92. The zero-order valence-corrected chi connectivity index (χ0v) is 4.63. The van der Waals surface area contributed by atoms with Crippen molar-refractivity contribution >= 4 is 20.5 Å². The van der Waals surface area contributed by atoms with E-state index in [9.17, 15) is 0 Å². The molecule has 0 saturated heterocycles. The minimum Gasteiger partial charge on any atom is -0.180 e. The van der Waals surface area contributed by atoms with Crippen LogP contribution in [0.2, 0.25) is 5.82 Å². The van der Waals surface area contributed by atoms with Gasteiger partial charge in [-0.15, -0.1) is 0 Å². The summed E-state index contributed by atoms with van der Waals surface area (Å²) in [6.45, 7) is 2.15. The minimum atomic E-state index is 0.748. The number of thiol groups is 1. The van der Waals surface area contributed by atoms with Crippen LogP contribution in [-0.2, 0) is 0 Å². The number of hydrogen-bond acceptors (Lipinski definition) is 1. The summed E-state index contributed by atoms with van der Waals surface area (Å²) in [5.74, 6) is 1.75. The van der Waals surface area contributed by atoms with Gasteiger partial charge in [-0.2, -0.15) is 12.6 Å². The van der Waals surface area contributed by atoms with Gasteiger partial charge in [-0.1, -0.05) is 12.7 Å². The van der Waals surface area contributed by atoms with Crippen molar-refractivity contribution < 1.29 is 0 Å². The summed E-state index contributed by atoms with van der Waals surface area (Å²) in [6, 6.07) is 0. The molecular formula is C3H9BS. The molecule has 1 unspecified atom stereocenters. The lowest BCUT2D eigenvalue weighted by Gasteiger charge is -1.89. The topological polar surface area (TPSA) is 0 Å². The van der Waals surface area contributed by atoms with E-state index in [2.05, 4.69) is 27.4 Å². The molecule has 0 aromatic rings. The molecule has 0 aromatic carbocycles. The van der Waals surface area contributed by atoms with Gasteiger partial charge in [0.2, 0.25) is 0 Å². The molecular weight excluding hydrogens is 78.9 g/mol. The molecule has 0 nitrogen and oxygen atoms in total. The highest BCUT2D eigenvalue weighted by atomic mass is 32.1. The van der Waals surface area contributed by atoms with Gasteiger partial charge < -0.3 is 0 Å². The van der Waals surface area contributed by atoms with Crippen molar-refractivity contribution in [1.29, 1.82) is 0 Å². The summed E-state index contributed by atoms with van der Waals surface area (Å²) in [6.07, 6.45) is 0. The molecule has 0 saturated carbocycles. The maximum Gasteiger partial charge on any atom is 0.106 e. The highest BCUT2D eigenvalue weighted by Gasteiger charge is 1.81. The van der Waals surface area contributed by atoms with Gasteiger partial charge in [-0.3, -0.25) is 0 Å². The predicted octanol–water partition coefficient (Wildman–Crippen LogP) is 0.358. The molecule has 0 N–H and O–H groups in total. The Bertz CT molecular complexity index is 20.9. The molecule has 5 heavy (non-hydrogen) atoms. The molecule has 0 rings (SSSR count). The Balaban J connectivity index is 2.54. The monoisotopic (exact) mass is 88.1 g/mol. The maximum atomic E-state index is 4.02. The Morgan fingerprint density at radius 2 is 2.20 bits per heavy atom. The zero-order valence-electron chi connectivity index (χ0n) is 3.73. The van der Waals surface area contributed by atoms with E-state index in [1.807, 2.05) is 0 Å². The molecule has 0 aliphatic carbocycles. The van der Waals surface area contributed by atoms with Crippen LogP contribution in [0.5, 0.6) is 0 Å². The largest absolute Gasteiger partial charge is 0.180 e. The van der Waals surface area contributed by atoms with Gasteiger partial charge in [0, 0.05) is 0 Å². The molecule has 0 aliphatic rings.